The second-order valence-electron chi connectivity index (χ2n) is 3.24. The van der Waals surface area contributed by atoms with E-state index in [1.165, 1.54) is 5.71 Å². The third-order valence-electron chi connectivity index (χ3n) is 2.18. The molecule has 64 valence electrons. The first kappa shape index (κ1) is 9.46. The van der Waals surface area contributed by atoms with Gasteiger partial charge in [0.1, 0.15) is 4.87 Å². The Kier molecular flexibility index (Phi) is 2.59. The van der Waals surface area contributed by atoms with Crippen LogP contribution in [-0.2, 0) is 0 Å². The van der Waals surface area contributed by atoms with Gasteiger partial charge in [0.15, 0.2) is 0 Å². The number of thioether (sulfide) groups is 1. The quantitative estimate of drug-likeness (QED) is 0.625. The second kappa shape index (κ2) is 3.02. The van der Waals surface area contributed by atoms with Crippen molar-refractivity contribution in [3.8, 4) is 0 Å². The maximum atomic E-state index is 4.60. The Morgan fingerprint density at radius 3 is 2.45 bits per heavy atom. The van der Waals surface area contributed by atoms with Crippen LogP contribution in [0.1, 0.15) is 27.7 Å². The van der Waals surface area contributed by atoms with Gasteiger partial charge < -0.3 is 0 Å². The molecule has 1 nitrogen and oxygen atoms in total. The second-order valence-corrected chi connectivity index (χ2v) is 5.79. The van der Waals surface area contributed by atoms with Gasteiger partial charge in [0.25, 0.3) is 0 Å². The van der Waals surface area contributed by atoms with Crippen LogP contribution in [0.5, 0.6) is 0 Å². The summed E-state index contributed by atoms with van der Waals surface area (Å²) in [6.07, 6.45) is 0. The lowest BCUT2D eigenvalue weighted by Crippen LogP contribution is -2.25. The topological polar surface area (TPSA) is 12.4 Å². The van der Waals surface area contributed by atoms with Gasteiger partial charge in [-0.3, -0.25) is 4.99 Å². The fraction of sp³-hybridized carbons (Fsp3) is 0.875. The van der Waals surface area contributed by atoms with E-state index >= 15 is 0 Å². The fourth-order valence-corrected chi connectivity index (χ4v) is 2.68. The predicted molar refractivity (Wildman–Crippen MR) is 57.0 cm³/mol. The van der Waals surface area contributed by atoms with Crippen molar-refractivity contribution in [2.45, 2.75) is 43.1 Å². The molecule has 1 aliphatic rings. The lowest BCUT2D eigenvalue weighted by molar-refractivity contribution is 0.682. The third-order valence-corrected chi connectivity index (χ3v) is 4.47. The van der Waals surface area contributed by atoms with Gasteiger partial charge >= 0.3 is 0 Å². The predicted octanol–water partition coefficient (Wildman–Crippen LogP) is 2.62. The monoisotopic (exact) mass is 189 g/mol. The van der Waals surface area contributed by atoms with Crippen LogP contribution in [-0.4, -0.2) is 21.1 Å². The number of thiol groups is 1. The minimum Gasteiger partial charge on any atom is -0.275 e. The summed E-state index contributed by atoms with van der Waals surface area (Å²) in [4.78, 5) is 4.61. The molecule has 3 atom stereocenters. The highest BCUT2D eigenvalue weighted by molar-refractivity contribution is 8.03. The van der Waals surface area contributed by atoms with Gasteiger partial charge in [0, 0.05) is 16.2 Å². The smallest absolute Gasteiger partial charge is 0.115 e. The van der Waals surface area contributed by atoms with Gasteiger partial charge in [0.2, 0.25) is 0 Å². The minimum atomic E-state index is 0.00656. The van der Waals surface area contributed by atoms with E-state index < -0.39 is 0 Å². The Balaban J connectivity index is 2.79. The van der Waals surface area contributed by atoms with E-state index in [-0.39, 0.29) is 4.87 Å². The van der Waals surface area contributed by atoms with Crippen LogP contribution in [0.15, 0.2) is 4.99 Å². The molecule has 0 N–H and O–H groups in total. The molecular weight excluding hydrogens is 174 g/mol. The standard InChI is InChI=1S/C8H15NS2/c1-5-6(2)11-8(4,9-5)7(3)10/h6-7,10H,1-4H3/t6-,7-,8+/m1/s1. The van der Waals surface area contributed by atoms with E-state index in [4.69, 9.17) is 0 Å². The van der Waals surface area contributed by atoms with E-state index in [1.807, 2.05) is 11.8 Å². The van der Waals surface area contributed by atoms with Crippen LogP contribution in [0.2, 0.25) is 0 Å². The average Bonchev–Trinajstić information content (AvgIpc) is 2.09. The molecule has 1 heterocycles. The van der Waals surface area contributed by atoms with E-state index in [1.54, 1.807) is 0 Å². The summed E-state index contributed by atoms with van der Waals surface area (Å²) in [6, 6.07) is 0. The van der Waals surface area contributed by atoms with Crippen molar-refractivity contribution in [2.75, 3.05) is 0 Å². The van der Waals surface area contributed by atoms with Gasteiger partial charge in [-0.05, 0) is 20.8 Å². The van der Waals surface area contributed by atoms with Crippen molar-refractivity contribution in [3.05, 3.63) is 0 Å². The number of hydrogen-bond acceptors (Lipinski definition) is 3. The normalized spacial score (nSPS) is 40.5. The number of nitrogens with zero attached hydrogens (tertiary/aromatic N) is 1. The first-order valence-corrected chi connectivity index (χ1v) is 5.27. The summed E-state index contributed by atoms with van der Waals surface area (Å²) in [5, 5.41) is 0.891. The Hall–Kier alpha value is 0.370. The summed E-state index contributed by atoms with van der Waals surface area (Å²) in [7, 11) is 0. The van der Waals surface area contributed by atoms with Crippen molar-refractivity contribution in [3.63, 3.8) is 0 Å². The summed E-state index contributed by atoms with van der Waals surface area (Å²) in [5.74, 6) is 0. The van der Waals surface area contributed by atoms with Gasteiger partial charge in [-0.2, -0.15) is 12.6 Å². The first-order chi connectivity index (χ1) is 4.96. The molecule has 0 amide bonds. The van der Waals surface area contributed by atoms with Crippen LogP contribution in [0.25, 0.3) is 0 Å². The summed E-state index contributed by atoms with van der Waals surface area (Å²) >= 11 is 6.34. The van der Waals surface area contributed by atoms with Crippen LogP contribution in [0.4, 0.5) is 0 Å². The molecule has 3 heteroatoms. The van der Waals surface area contributed by atoms with Crippen LogP contribution in [0.3, 0.4) is 0 Å². The zero-order chi connectivity index (χ0) is 8.65. The highest BCUT2D eigenvalue weighted by atomic mass is 32.2. The molecule has 0 radical (unpaired) electrons. The first-order valence-electron chi connectivity index (χ1n) is 3.88. The zero-order valence-electron chi connectivity index (χ0n) is 7.46. The van der Waals surface area contributed by atoms with Crippen molar-refractivity contribution >= 4 is 30.1 Å². The largest absolute Gasteiger partial charge is 0.275 e. The molecule has 11 heavy (non-hydrogen) atoms. The molecule has 0 aliphatic carbocycles. The average molecular weight is 189 g/mol. The summed E-state index contributed by atoms with van der Waals surface area (Å²) in [6.45, 7) is 8.55. The maximum absolute atomic E-state index is 4.60. The van der Waals surface area contributed by atoms with Crippen LogP contribution in [0, 0.1) is 0 Å². The van der Waals surface area contributed by atoms with E-state index in [0.717, 1.165) is 0 Å². The summed E-state index contributed by atoms with van der Waals surface area (Å²) < 4.78 is 0. The minimum absolute atomic E-state index is 0.00656. The number of aliphatic imine (C=N–C) groups is 1. The van der Waals surface area contributed by atoms with E-state index in [2.05, 4.69) is 45.3 Å². The highest BCUT2D eigenvalue weighted by Crippen LogP contribution is 2.41. The lowest BCUT2D eigenvalue weighted by Gasteiger charge is -2.24. The van der Waals surface area contributed by atoms with E-state index in [0.29, 0.717) is 10.5 Å². The zero-order valence-corrected chi connectivity index (χ0v) is 9.17. The van der Waals surface area contributed by atoms with Gasteiger partial charge in [-0.1, -0.05) is 6.92 Å². The molecule has 0 unspecified atom stereocenters. The fourth-order valence-electron chi connectivity index (χ4n) is 1.10. The molecule has 0 aromatic rings. The molecule has 0 saturated carbocycles. The van der Waals surface area contributed by atoms with Crippen LogP contribution < -0.4 is 0 Å². The molecular formula is C8H15NS2. The Morgan fingerprint density at radius 2 is 2.27 bits per heavy atom. The van der Waals surface area contributed by atoms with Gasteiger partial charge in [-0.25, -0.2) is 0 Å². The Morgan fingerprint density at radius 1 is 1.73 bits per heavy atom. The van der Waals surface area contributed by atoms with Crippen molar-refractivity contribution in [1.82, 2.24) is 0 Å². The number of rotatable bonds is 1. The Bertz CT molecular complexity index is 189. The van der Waals surface area contributed by atoms with Gasteiger partial charge in [-0.15, -0.1) is 11.8 Å². The van der Waals surface area contributed by atoms with Crippen LogP contribution >= 0.6 is 24.4 Å². The molecule has 1 rings (SSSR count). The van der Waals surface area contributed by atoms with Crippen molar-refractivity contribution in [1.29, 1.82) is 0 Å². The summed E-state index contributed by atoms with van der Waals surface area (Å²) in [5.41, 5.74) is 1.25. The van der Waals surface area contributed by atoms with Crippen molar-refractivity contribution in [2.24, 2.45) is 4.99 Å². The molecule has 0 aromatic carbocycles. The van der Waals surface area contributed by atoms with Gasteiger partial charge in [0.05, 0.1) is 0 Å². The molecule has 0 fully saturated rings. The molecule has 0 bridgehead atoms. The molecule has 0 saturated heterocycles. The molecule has 0 spiro atoms. The molecule has 1 aliphatic heterocycles. The Labute approximate surface area is 78.5 Å². The third kappa shape index (κ3) is 1.75. The maximum Gasteiger partial charge on any atom is 0.115 e. The number of hydrogen-bond donors (Lipinski definition) is 1. The van der Waals surface area contributed by atoms with E-state index in [9.17, 15) is 0 Å². The SMILES string of the molecule is CC1=N[C@](C)([C@@H](C)S)S[C@@H]1C. The lowest BCUT2D eigenvalue weighted by atomic mass is 10.2. The highest BCUT2D eigenvalue weighted by Gasteiger charge is 2.36. The molecule has 0 aromatic heterocycles. The van der Waals surface area contributed by atoms with Crippen molar-refractivity contribution < 1.29 is 0 Å².